The van der Waals surface area contributed by atoms with Crippen molar-refractivity contribution in [1.82, 2.24) is 9.78 Å². The van der Waals surface area contributed by atoms with E-state index < -0.39 is 10.8 Å². The van der Waals surface area contributed by atoms with Crippen molar-refractivity contribution in [2.75, 3.05) is 5.73 Å². The second kappa shape index (κ2) is 4.28. The van der Waals surface area contributed by atoms with Gasteiger partial charge in [-0.25, -0.2) is 0 Å². The van der Waals surface area contributed by atoms with Crippen molar-refractivity contribution in [3.05, 3.63) is 51.7 Å². The van der Waals surface area contributed by atoms with Crippen LogP contribution in [0.4, 0.5) is 11.5 Å². The smallest absolute Gasteiger partial charge is 0.287 e. The van der Waals surface area contributed by atoms with Crippen LogP contribution in [0.1, 0.15) is 16.1 Å². The van der Waals surface area contributed by atoms with Crippen molar-refractivity contribution in [2.45, 2.75) is 6.92 Å². The van der Waals surface area contributed by atoms with Gasteiger partial charge in [0, 0.05) is 12.1 Å². The Morgan fingerprint density at radius 1 is 1.44 bits per heavy atom. The highest BCUT2D eigenvalue weighted by Gasteiger charge is 2.22. The highest BCUT2D eigenvalue weighted by atomic mass is 16.6. The van der Waals surface area contributed by atoms with E-state index in [-0.39, 0.29) is 17.1 Å². The first-order valence-corrected chi connectivity index (χ1v) is 5.11. The van der Waals surface area contributed by atoms with E-state index in [2.05, 4.69) is 5.10 Å². The summed E-state index contributed by atoms with van der Waals surface area (Å²) in [6, 6.07) is 7.20. The molecule has 2 N–H and O–H groups in total. The van der Waals surface area contributed by atoms with Crippen LogP contribution in [0, 0.1) is 17.0 Å². The number of nitro groups is 1. The SMILES string of the molecule is Cc1cc(N)n(C(=O)c2ccccc2[N+](=O)[O-])n1. The largest absolute Gasteiger partial charge is 0.383 e. The maximum atomic E-state index is 12.1. The molecule has 0 aliphatic carbocycles. The molecule has 0 saturated carbocycles. The van der Waals surface area contributed by atoms with Crippen LogP contribution < -0.4 is 5.73 Å². The number of nitrogens with two attached hydrogens (primary N) is 1. The molecule has 18 heavy (non-hydrogen) atoms. The second-order valence-corrected chi connectivity index (χ2v) is 3.70. The summed E-state index contributed by atoms with van der Waals surface area (Å²) >= 11 is 0. The van der Waals surface area contributed by atoms with E-state index in [1.54, 1.807) is 13.0 Å². The summed E-state index contributed by atoms with van der Waals surface area (Å²) in [6.07, 6.45) is 0. The van der Waals surface area contributed by atoms with Gasteiger partial charge in [-0.3, -0.25) is 14.9 Å². The number of benzene rings is 1. The van der Waals surface area contributed by atoms with Gasteiger partial charge >= 0.3 is 0 Å². The van der Waals surface area contributed by atoms with Gasteiger partial charge in [-0.2, -0.15) is 9.78 Å². The van der Waals surface area contributed by atoms with E-state index in [4.69, 9.17) is 5.73 Å². The number of para-hydroxylation sites is 1. The number of aromatic nitrogens is 2. The van der Waals surface area contributed by atoms with Gasteiger partial charge in [0.05, 0.1) is 10.6 Å². The van der Waals surface area contributed by atoms with Crippen molar-refractivity contribution in [3.8, 4) is 0 Å². The maximum absolute atomic E-state index is 12.1. The summed E-state index contributed by atoms with van der Waals surface area (Å²) in [5.74, 6) is -0.469. The van der Waals surface area contributed by atoms with Gasteiger partial charge in [0.1, 0.15) is 11.4 Å². The summed E-state index contributed by atoms with van der Waals surface area (Å²) in [5, 5.41) is 14.7. The van der Waals surface area contributed by atoms with Gasteiger partial charge in [0.2, 0.25) is 0 Å². The number of hydrogen-bond donors (Lipinski definition) is 1. The molecule has 1 aromatic carbocycles. The van der Waals surface area contributed by atoms with Gasteiger partial charge in [0.25, 0.3) is 11.6 Å². The zero-order valence-electron chi connectivity index (χ0n) is 9.53. The number of nitrogen functional groups attached to an aromatic ring is 1. The molecule has 0 radical (unpaired) electrons. The molecule has 0 aliphatic heterocycles. The molecule has 0 spiro atoms. The second-order valence-electron chi connectivity index (χ2n) is 3.70. The van der Waals surface area contributed by atoms with Crippen LogP contribution in [0.3, 0.4) is 0 Å². The van der Waals surface area contributed by atoms with E-state index in [0.29, 0.717) is 5.69 Å². The zero-order chi connectivity index (χ0) is 13.3. The molecule has 7 nitrogen and oxygen atoms in total. The molecule has 0 amide bonds. The molecule has 0 fully saturated rings. The molecule has 0 atom stereocenters. The Labute approximate surface area is 102 Å². The first-order chi connectivity index (χ1) is 8.50. The van der Waals surface area contributed by atoms with Crippen LogP contribution in [-0.4, -0.2) is 20.6 Å². The third-order valence-electron chi connectivity index (χ3n) is 2.38. The van der Waals surface area contributed by atoms with Crippen molar-refractivity contribution in [3.63, 3.8) is 0 Å². The third-order valence-corrected chi connectivity index (χ3v) is 2.38. The number of anilines is 1. The summed E-state index contributed by atoms with van der Waals surface area (Å²) in [5.41, 5.74) is 5.87. The lowest BCUT2D eigenvalue weighted by Crippen LogP contribution is -2.17. The van der Waals surface area contributed by atoms with Gasteiger partial charge in [-0.1, -0.05) is 12.1 Å². The topological polar surface area (TPSA) is 104 Å². The molecule has 0 bridgehead atoms. The van der Waals surface area contributed by atoms with E-state index in [1.807, 2.05) is 0 Å². The third kappa shape index (κ3) is 1.93. The molecule has 2 rings (SSSR count). The lowest BCUT2D eigenvalue weighted by Gasteiger charge is -2.03. The van der Waals surface area contributed by atoms with E-state index in [1.165, 1.54) is 24.3 Å². The minimum Gasteiger partial charge on any atom is -0.383 e. The highest BCUT2D eigenvalue weighted by molar-refractivity contribution is 6.00. The fourth-order valence-electron chi connectivity index (χ4n) is 1.61. The summed E-state index contributed by atoms with van der Waals surface area (Å²) in [4.78, 5) is 22.4. The number of aryl methyl sites for hydroxylation is 1. The van der Waals surface area contributed by atoms with E-state index in [0.717, 1.165) is 4.68 Å². The standard InChI is InChI=1S/C11H10N4O3/c1-7-6-10(12)14(13-7)11(16)8-4-2-3-5-9(8)15(17)18/h2-6H,12H2,1H3. The first kappa shape index (κ1) is 11.8. The van der Waals surface area contributed by atoms with Crippen LogP contribution in [-0.2, 0) is 0 Å². The number of rotatable bonds is 2. The van der Waals surface area contributed by atoms with Crippen molar-refractivity contribution < 1.29 is 9.72 Å². The fraction of sp³-hybridized carbons (Fsp3) is 0.0909. The number of hydrogen-bond acceptors (Lipinski definition) is 5. The lowest BCUT2D eigenvalue weighted by molar-refractivity contribution is -0.385. The van der Waals surface area contributed by atoms with Crippen molar-refractivity contribution >= 4 is 17.4 Å². The van der Waals surface area contributed by atoms with E-state index >= 15 is 0 Å². The number of carbonyl (C=O) groups excluding carboxylic acids is 1. The molecule has 0 unspecified atom stereocenters. The average Bonchev–Trinajstić information content (AvgIpc) is 2.67. The number of nitrogens with zero attached hydrogens (tertiary/aromatic N) is 3. The van der Waals surface area contributed by atoms with Gasteiger partial charge in [-0.15, -0.1) is 0 Å². The molecule has 1 heterocycles. The molecule has 0 saturated heterocycles. The molecule has 92 valence electrons. The Bertz CT molecular complexity index is 633. The number of nitro benzene ring substituents is 1. The lowest BCUT2D eigenvalue weighted by atomic mass is 10.1. The summed E-state index contributed by atoms with van der Waals surface area (Å²) in [6.45, 7) is 1.68. The number of carbonyl (C=O) groups is 1. The maximum Gasteiger partial charge on any atom is 0.287 e. The normalized spacial score (nSPS) is 10.3. The van der Waals surface area contributed by atoms with Crippen LogP contribution in [0.5, 0.6) is 0 Å². The summed E-state index contributed by atoms with van der Waals surface area (Å²) in [7, 11) is 0. The quantitative estimate of drug-likeness (QED) is 0.636. The van der Waals surface area contributed by atoms with Crippen LogP contribution in [0.2, 0.25) is 0 Å². The molecule has 1 aromatic heterocycles. The van der Waals surface area contributed by atoms with Crippen LogP contribution in [0.25, 0.3) is 0 Å². The monoisotopic (exact) mass is 246 g/mol. The van der Waals surface area contributed by atoms with Gasteiger partial charge < -0.3 is 5.73 Å². The van der Waals surface area contributed by atoms with Gasteiger partial charge in [-0.05, 0) is 13.0 Å². The Kier molecular flexibility index (Phi) is 2.80. The Morgan fingerprint density at radius 2 is 2.11 bits per heavy atom. The Hall–Kier alpha value is -2.70. The van der Waals surface area contributed by atoms with Crippen molar-refractivity contribution in [2.24, 2.45) is 0 Å². The molecular formula is C11H10N4O3. The van der Waals surface area contributed by atoms with Crippen molar-refractivity contribution in [1.29, 1.82) is 0 Å². The minimum absolute atomic E-state index is 0.0442. The van der Waals surface area contributed by atoms with Gasteiger partial charge in [0.15, 0.2) is 0 Å². The molecule has 2 aromatic rings. The molecular weight excluding hydrogens is 236 g/mol. The average molecular weight is 246 g/mol. The van der Waals surface area contributed by atoms with E-state index in [9.17, 15) is 14.9 Å². The Morgan fingerprint density at radius 3 is 2.67 bits per heavy atom. The molecule has 7 heteroatoms. The first-order valence-electron chi connectivity index (χ1n) is 5.11. The predicted molar refractivity (Wildman–Crippen MR) is 64.2 cm³/mol. The summed E-state index contributed by atoms with van der Waals surface area (Å²) < 4.78 is 0.956. The Balaban J connectivity index is 2.53. The zero-order valence-corrected chi connectivity index (χ0v) is 9.53. The predicted octanol–water partition coefficient (Wildman–Crippen LogP) is 1.37. The fourth-order valence-corrected chi connectivity index (χ4v) is 1.61. The van der Waals surface area contributed by atoms with Crippen LogP contribution in [0.15, 0.2) is 30.3 Å². The highest BCUT2D eigenvalue weighted by Crippen LogP contribution is 2.20. The minimum atomic E-state index is -0.618. The van der Waals surface area contributed by atoms with Crippen LogP contribution >= 0.6 is 0 Å². The molecule has 0 aliphatic rings.